The van der Waals surface area contributed by atoms with E-state index in [0.717, 1.165) is 18.1 Å². The van der Waals surface area contributed by atoms with Crippen LogP contribution in [0.4, 0.5) is 0 Å². The van der Waals surface area contributed by atoms with Crippen LogP contribution in [0.2, 0.25) is 0 Å². The molecule has 0 amide bonds. The second kappa shape index (κ2) is 6.81. The standard InChI is InChI=1S/C13H17N5OS/c1-2-7-18(6-1)8-9-20-10-12-15-13(17-19-12)11-4-3-5-14-16-11/h3-5H,1-2,6-10H2. The molecule has 0 bridgehead atoms. The molecule has 20 heavy (non-hydrogen) atoms. The largest absolute Gasteiger partial charge is 0.338 e. The van der Waals surface area contributed by atoms with E-state index in [1.54, 1.807) is 6.20 Å². The number of hydrogen-bond donors (Lipinski definition) is 0. The van der Waals surface area contributed by atoms with Crippen LogP contribution in [0, 0.1) is 0 Å². The quantitative estimate of drug-likeness (QED) is 0.752. The lowest BCUT2D eigenvalue weighted by Crippen LogP contribution is -2.21. The van der Waals surface area contributed by atoms with Crippen molar-refractivity contribution in [3.63, 3.8) is 0 Å². The maximum Gasteiger partial charge on any atom is 0.237 e. The molecule has 106 valence electrons. The minimum Gasteiger partial charge on any atom is -0.338 e. The Morgan fingerprint density at radius 3 is 3.00 bits per heavy atom. The summed E-state index contributed by atoms with van der Waals surface area (Å²) in [5.41, 5.74) is 0.643. The summed E-state index contributed by atoms with van der Waals surface area (Å²) in [5.74, 6) is 3.01. The SMILES string of the molecule is c1cnnc(-c2noc(CSCCN3CCCC3)n2)c1. The Kier molecular flexibility index (Phi) is 4.60. The average molecular weight is 291 g/mol. The van der Waals surface area contributed by atoms with Crippen LogP contribution in [-0.2, 0) is 5.75 Å². The summed E-state index contributed by atoms with van der Waals surface area (Å²) in [6.07, 6.45) is 4.31. The topological polar surface area (TPSA) is 67.9 Å². The Balaban J connectivity index is 1.45. The van der Waals surface area contributed by atoms with Crippen LogP contribution in [0.5, 0.6) is 0 Å². The summed E-state index contributed by atoms with van der Waals surface area (Å²) in [6, 6.07) is 3.63. The molecule has 0 aromatic carbocycles. The minimum absolute atomic E-state index is 0.508. The Morgan fingerprint density at radius 2 is 2.20 bits per heavy atom. The molecular formula is C13H17N5OS. The van der Waals surface area contributed by atoms with Gasteiger partial charge in [-0.1, -0.05) is 5.16 Å². The fourth-order valence-corrected chi connectivity index (χ4v) is 3.02. The molecule has 7 heteroatoms. The van der Waals surface area contributed by atoms with E-state index in [1.165, 1.54) is 25.9 Å². The van der Waals surface area contributed by atoms with Gasteiger partial charge in [0.15, 0.2) is 0 Å². The highest BCUT2D eigenvalue weighted by atomic mass is 32.2. The van der Waals surface area contributed by atoms with Gasteiger partial charge in [-0.15, -0.1) is 5.10 Å². The molecule has 0 radical (unpaired) electrons. The van der Waals surface area contributed by atoms with Gasteiger partial charge in [0.05, 0.1) is 5.75 Å². The van der Waals surface area contributed by atoms with Crippen LogP contribution in [-0.4, -0.2) is 50.6 Å². The van der Waals surface area contributed by atoms with Crippen molar-refractivity contribution in [1.29, 1.82) is 0 Å². The third kappa shape index (κ3) is 3.55. The van der Waals surface area contributed by atoms with Gasteiger partial charge >= 0.3 is 0 Å². The molecule has 0 N–H and O–H groups in total. The third-order valence-electron chi connectivity index (χ3n) is 3.25. The average Bonchev–Trinajstić information content (AvgIpc) is 3.16. The third-order valence-corrected chi connectivity index (χ3v) is 4.17. The fourth-order valence-electron chi connectivity index (χ4n) is 2.20. The second-order valence-corrected chi connectivity index (χ2v) is 5.83. The molecule has 1 aliphatic heterocycles. The molecule has 1 aliphatic rings. The van der Waals surface area contributed by atoms with E-state index in [4.69, 9.17) is 4.52 Å². The van der Waals surface area contributed by atoms with Gasteiger partial charge in [-0.25, -0.2) is 0 Å². The monoisotopic (exact) mass is 291 g/mol. The van der Waals surface area contributed by atoms with Gasteiger partial charge in [0, 0.05) is 18.5 Å². The fraction of sp³-hybridized carbons (Fsp3) is 0.538. The summed E-state index contributed by atoms with van der Waals surface area (Å²) in [7, 11) is 0. The van der Waals surface area contributed by atoms with Crippen molar-refractivity contribution in [2.45, 2.75) is 18.6 Å². The predicted octanol–water partition coefficient (Wildman–Crippen LogP) is 1.86. The van der Waals surface area contributed by atoms with Crippen LogP contribution < -0.4 is 0 Å². The van der Waals surface area contributed by atoms with Crippen LogP contribution in [0.25, 0.3) is 11.5 Å². The molecule has 0 unspecified atom stereocenters. The van der Waals surface area contributed by atoms with Gasteiger partial charge in [0.2, 0.25) is 11.7 Å². The van der Waals surface area contributed by atoms with Crippen LogP contribution in [0.15, 0.2) is 22.9 Å². The van der Waals surface area contributed by atoms with Crippen molar-refractivity contribution in [1.82, 2.24) is 25.2 Å². The van der Waals surface area contributed by atoms with Crippen molar-refractivity contribution in [3.05, 3.63) is 24.2 Å². The van der Waals surface area contributed by atoms with Gasteiger partial charge in [-0.2, -0.15) is 21.8 Å². The zero-order chi connectivity index (χ0) is 13.6. The molecule has 6 nitrogen and oxygen atoms in total. The molecule has 0 atom stereocenters. The van der Waals surface area contributed by atoms with Gasteiger partial charge in [0.25, 0.3) is 0 Å². The molecule has 1 fully saturated rings. The molecule has 3 rings (SSSR count). The van der Waals surface area contributed by atoms with Crippen LogP contribution in [0.3, 0.4) is 0 Å². The molecule has 0 aliphatic carbocycles. The van der Waals surface area contributed by atoms with E-state index in [2.05, 4.69) is 25.2 Å². The lowest BCUT2D eigenvalue weighted by atomic mass is 10.4. The number of hydrogen-bond acceptors (Lipinski definition) is 7. The smallest absolute Gasteiger partial charge is 0.237 e. The van der Waals surface area contributed by atoms with Crippen LogP contribution >= 0.6 is 11.8 Å². The van der Waals surface area contributed by atoms with E-state index in [1.807, 2.05) is 23.9 Å². The summed E-state index contributed by atoms with van der Waals surface area (Å²) in [4.78, 5) is 6.84. The minimum atomic E-state index is 0.508. The van der Waals surface area contributed by atoms with E-state index in [9.17, 15) is 0 Å². The van der Waals surface area contributed by atoms with Crippen molar-refractivity contribution in [2.24, 2.45) is 0 Å². The number of rotatable bonds is 6. The highest BCUT2D eigenvalue weighted by molar-refractivity contribution is 7.98. The number of likely N-dealkylation sites (tertiary alicyclic amines) is 1. The molecule has 1 saturated heterocycles. The van der Waals surface area contributed by atoms with Crippen molar-refractivity contribution in [2.75, 3.05) is 25.4 Å². The first kappa shape index (κ1) is 13.5. The summed E-state index contributed by atoms with van der Waals surface area (Å²) < 4.78 is 5.23. The number of thioether (sulfide) groups is 1. The first-order valence-electron chi connectivity index (χ1n) is 6.82. The lowest BCUT2D eigenvalue weighted by molar-refractivity contribution is 0.361. The Hall–Kier alpha value is -1.47. The normalized spacial score (nSPS) is 15.8. The Bertz CT molecular complexity index is 527. The Labute approximate surface area is 122 Å². The van der Waals surface area contributed by atoms with Crippen molar-refractivity contribution < 1.29 is 4.52 Å². The van der Waals surface area contributed by atoms with Crippen LogP contribution in [0.1, 0.15) is 18.7 Å². The maximum absolute atomic E-state index is 5.23. The molecule has 2 aromatic rings. The van der Waals surface area contributed by atoms with Crippen molar-refractivity contribution >= 4 is 11.8 Å². The highest BCUT2D eigenvalue weighted by Crippen LogP contribution is 2.16. The van der Waals surface area contributed by atoms with E-state index in [-0.39, 0.29) is 0 Å². The zero-order valence-electron chi connectivity index (χ0n) is 11.2. The molecule has 3 heterocycles. The zero-order valence-corrected chi connectivity index (χ0v) is 12.1. The maximum atomic E-state index is 5.23. The molecular weight excluding hydrogens is 274 g/mol. The number of nitrogens with zero attached hydrogens (tertiary/aromatic N) is 5. The van der Waals surface area contributed by atoms with Gasteiger partial charge < -0.3 is 9.42 Å². The summed E-state index contributed by atoms with van der Waals surface area (Å²) >= 11 is 1.83. The lowest BCUT2D eigenvalue weighted by Gasteiger charge is -2.12. The van der Waals surface area contributed by atoms with Gasteiger partial charge in [-0.05, 0) is 38.1 Å². The summed E-state index contributed by atoms with van der Waals surface area (Å²) in [6.45, 7) is 3.64. The Morgan fingerprint density at radius 1 is 1.30 bits per heavy atom. The van der Waals surface area contributed by atoms with Gasteiger partial charge in [-0.3, -0.25) is 0 Å². The highest BCUT2D eigenvalue weighted by Gasteiger charge is 2.12. The molecule has 2 aromatic heterocycles. The number of aromatic nitrogens is 4. The van der Waals surface area contributed by atoms with E-state index in [0.29, 0.717) is 17.4 Å². The van der Waals surface area contributed by atoms with Gasteiger partial charge in [0.1, 0.15) is 5.69 Å². The van der Waals surface area contributed by atoms with Crippen molar-refractivity contribution in [3.8, 4) is 11.5 Å². The molecule has 0 spiro atoms. The first-order chi connectivity index (χ1) is 9.92. The van der Waals surface area contributed by atoms with E-state index < -0.39 is 0 Å². The predicted molar refractivity (Wildman–Crippen MR) is 77.2 cm³/mol. The first-order valence-corrected chi connectivity index (χ1v) is 7.98. The second-order valence-electron chi connectivity index (χ2n) is 4.72. The summed E-state index contributed by atoms with van der Waals surface area (Å²) in [5, 5.41) is 11.7. The molecule has 0 saturated carbocycles. The van der Waals surface area contributed by atoms with E-state index >= 15 is 0 Å².